The monoisotopic (exact) mass is 444 g/mol. The van der Waals surface area contributed by atoms with Crippen molar-refractivity contribution in [3.05, 3.63) is 61.2 Å². The summed E-state index contributed by atoms with van der Waals surface area (Å²) in [5.41, 5.74) is 0.949. The molecule has 176 valence electrons. The first kappa shape index (κ1) is 27.1. The zero-order valence-corrected chi connectivity index (χ0v) is 18.8. The number of aliphatic hydroxyl groups is 1. The third-order valence-electron chi connectivity index (χ3n) is 4.89. The van der Waals surface area contributed by atoms with E-state index in [0.29, 0.717) is 19.4 Å². The first-order valence-corrected chi connectivity index (χ1v) is 11.1. The van der Waals surface area contributed by atoms with Crippen LogP contribution >= 0.6 is 0 Å². The number of benzene rings is 1. The van der Waals surface area contributed by atoms with Gasteiger partial charge in [0.2, 0.25) is 11.8 Å². The Hall–Kier alpha value is -2.93. The van der Waals surface area contributed by atoms with Gasteiger partial charge in [-0.25, -0.2) is 0 Å². The molecular formula is C25H36N2O5. The van der Waals surface area contributed by atoms with Gasteiger partial charge in [-0.2, -0.15) is 0 Å². The second-order valence-corrected chi connectivity index (χ2v) is 7.50. The highest BCUT2D eigenvalue weighted by molar-refractivity contribution is 5.86. The molecule has 1 aromatic rings. The van der Waals surface area contributed by atoms with Crippen molar-refractivity contribution < 1.29 is 24.2 Å². The van der Waals surface area contributed by atoms with Gasteiger partial charge in [-0.1, -0.05) is 42.5 Å². The summed E-state index contributed by atoms with van der Waals surface area (Å²) in [7, 11) is 0. The lowest BCUT2D eigenvalue weighted by atomic mass is 9.99. The lowest BCUT2D eigenvalue weighted by Crippen LogP contribution is -2.39. The van der Waals surface area contributed by atoms with E-state index in [1.165, 1.54) is 0 Å². The van der Waals surface area contributed by atoms with E-state index in [2.05, 4.69) is 18.5 Å². The second-order valence-electron chi connectivity index (χ2n) is 7.50. The predicted octanol–water partition coefficient (Wildman–Crippen LogP) is 3.00. The number of ether oxygens (including phenoxy) is 1. The molecule has 1 rings (SSSR count). The number of esters is 1. The Bertz CT molecular complexity index is 720. The van der Waals surface area contributed by atoms with Crippen molar-refractivity contribution in [2.24, 2.45) is 5.92 Å². The van der Waals surface area contributed by atoms with Crippen molar-refractivity contribution in [2.45, 2.75) is 45.1 Å². The molecule has 2 N–H and O–H groups in total. The summed E-state index contributed by atoms with van der Waals surface area (Å²) in [5.74, 6) is -1.37. The minimum atomic E-state index is -0.577. The Morgan fingerprint density at radius 3 is 2.53 bits per heavy atom. The molecule has 32 heavy (non-hydrogen) atoms. The van der Waals surface area contributed by atoms with Gasteiger partial charge in [0.15, 0.2) is 0 Å². The minimum Gasteiger partial charge on any atom is -0.464 e. The molecule has 1 aromatic carbocycles. The van der Waals surface area contributed by atoms with Crippen LogP contribution in [0.15, 0.2) is 55.6 Å². The highest BCUT2D eigenvalue weighted by atomic mass is 16.5. The zero-order chi connectivity index (χ0) is 23.6. The van der Waals surface area contributed by atoms with E-state index in [9.17, 15) is 19.5 Å². The van der Waals surface area contributed by atoms with E-state index in [0.717, 1.165) is 24.8 Å². The maximum atomic E-state index is 12.8. The number of carbonyl (C=O) groups excluding carboxylic acids is 3. The highest BCUT2D eigenvalue weighted by Crippen LogP contribution is 2.14. The molecule has 0 fully saturated rings. The number of unbranched alkanes of at least 4 members (excludes halogenated alkanes) is 2. The third kappa shape index (κ3) is 11.5. The van der Waals surface area contributed by atoms with Crippen LogP contribution in [0.3, 0.4) is 0 Å². The molecule has 0 aliphatic carbocycles. The Morgan fingerprint density at radius 1 is 1.12 bits per heavy atom. The van der Waals surface area contributed by atoms with Crippen LogP contribution < -0.4 is 5.32 Å². The quantitative estimate of drug-likeness (QED) is 0.219. The summed E-state index contributed by atoms with van der Waals surface area (Å²) < 4.78 is 5.13. The first-order chi connectivity index (χ1) is 15.5. The highest BCUT2D eigenvalue weighted by Gasteiger charge is 2.24. The van der Waals surface area contributed by atoms with E-state index in [1.54, 1.807) is 11.0 Å². The molecule has 0 unspecified atom stereocenters. The largest absolute Gasteiger partial charge is 0.464 e. The van der Waals surface area contributed by atoms with Crippen LogP contribution in [-0.2, 0) is 25.7 Å². The summed E-state index contributed by atoms with van der Waals surface area (Å²) in [6.45, 7) is 8.00. The van der Waals surface area contributed by atoms with Crippen LogP contribution in [0, 0.1) is 5.92 Å². The summed E-state index contributed by atoms with van der Waals surface area (Å²) in [4.78, 5) is 38.6. The number of amides is 2. The van der Waals surface area contributed by atoms with Crippen LogP contribution in [0.5, 0.6) is 0 Å². The number of nitrogens with zero attached hydrogens (tertiary/aromatic N) is 1. The molecule has 0 aromatic heterocycles. The van der Waals surface area contributed by atoms with Crippen LogP contribution in [0.1, 0.15) is 44.1 Å². The van der Waals surface area contributed by atoms with Crippen molar-refractivity contribution >= 4 is 17.8 Å². The fraction of sp³-hybridized carbons (Fsp3) is 0.480. The normalized spacial score (nSPS) is 11.3. The maximum absolute atomic E-state index is 12.8. The van der Waals surface area contributed by atoms with E-state index in [-0.39, 0.29) is 50.5 Å². The van der Waals surface area contributed by atoms with Crippen molar-refractivity contribution in [1.82, 2.24) is 10.2 Å². The number of nitrogens with one attached hydrogen (secondary N) is 1. The van der Waals surface area contributed by atoms with Gasteiger partial charge >= 0.3 is 5.97 Å². The number of hydrogen-bond acceptors (Lipinski definition) is 5. The first-order valence-electron chi connectivity index (χ1n) is 11.1. The molecule has 0 spiro atoms. The number of allylic oxidation sites excluding steroid dienone is 2. The van der Waals surface area contributed by atoms with Gasteiger partial charge in [-0.05, 0) is 31.2 Å². The fourth-order valence-electron chi connectivity index (χ4n) is 3.15. The molecule has 2 amide bonds. The van der Waals surface area contributed by atoms with E-state index >= 15 is 0 Å². The average Bonchev–Trinajstić information content (AvgIpc) is 2.79. The van der Waals surface area contributed by atoms with E-state index in [1.807, 2.05) is 36.4 Å². The van der Waals surface area contributed by atoms with Crippen molar-refractivity contribution in [3.63, 3.8) is 0 Å². The van der Waals surface area contributed by atoms with Gasteiger partial charge in [0.05, 0.1) is 19.1 Å². The van der Waals surface area contributed by atoms with Crippen molar-refractivity contribution in [3.8, 4) is 0 Å². The summed E-state index contributed by atoms with van der Waals surface area (Å²) in [6.07, 6.45) is 6.63. The Morgan fingerprint density at radius 2 is 1.88 bits per heavy atom. The smallest absolute Gasteiger partial charge is 0.305 e. The average molecular weight is 445 g/mol. The second kappa shape index (κ2) is 16.7. The molecule has 0 saturated heterocycles. The van der Waals surface area contributed by atoms with Crippen molar-refractivity contribution in [2.75, 3.05) is 26.3 Å². The Balaban J connectivity index is 2.49. The third-order valence-corrected chi connectivity index (χ3v) is 4.89. The van der Waals surface area contributed by atoms with Gasteiger partial charge in [0.25, 0.3) is 0 Å². The summed E-state index contributed by atoms with van der Waals surface area (Å²) >= 11 is 0. The molecule has 0 aliphatic heterocycles. The summed E-state index contributed by atoms with van der Waals surface area (Å²) in [6, 6.07) is 9.49. The van der Waals surface area contributed by atoms with Gasteiger partial charge in [-0.15, -0.1) is 13.2 Å². The minimum absolute atomic E-state index is 0.00772. The topological polar surface area (TPSA) is 95.9 Å². The van der Waals surface area contributed by atoms with Gasteiger partial charge in [0.1, 0.15) is 6.61 Å². The molecule has 0 heterocycles. The van der Waals surface area contributed by atoms with E-state index < -0.39 is 5.92 Å². The lowest BCUT2D eigenvalue weighted by molar-refractivity contribution is -0.144. The van der Waals surface area contributed by atoms with Gasteiger partial charge in [-0.3, -0.25) is 14.4 Å². The van der Waals surface area contributed by atoms with Crippen molar-refractivity contribution in [1.29, 1.82) is 0 Å². The van der Waals surface area contributed by atoms with Crippen LogP contribution in [0.4, 0.5) is 0 Å². The predicted molar refractivity (Wildman–Crippen MR) is 124 cm³/mol. The molecule has 1 atom stereocenters. The standard InChI is InChI=1S/C25H36N2O5/c1-3-5-6-10-14-24(30)32-18-15-26-25(31)22(11-4-2)19-23(29)27(16-17-28)20-21-12-8-7-9-13-21/h3-4,7-9,12-13,22,28H,1-2,5-6,10-11,14-20H2,(H,26,31)/t22-/m0/s1. The summed E-state index contributed by atoms with van der Waals surface area (Å²) in [5, 5.41) is 12.1. The van der Waals surface area contributed by atoms with Gasteiger partial charge < -0.3 is 20.1 Å². The Labute approximate surface area is 191 Å². The van der Waals surface area contributed by atoms with E-state index in [4.69, 9.17) is 4.74 Å². The number of carbonyl (C=O) groups is 3. The van der Waals surface area contributed by atoms with Crippen LogP contribution in [0.2, 0.25) is 0 Å². The molecule has 7 heteroatoms. The molecule has 0 aliphatic rings. The Kier molecular flexibility index (Phi) is 14.2. The molecule has 7 nitrogen and oxygen atoms in total. The fourth-order valence-corrected chi connectivity index (χ4v) is 3.15. The van der Waals surface area contributed by atoms with Crippen LogP contribution in [-0.4, -0.2) is 54.1 Å². The SMILES string of the molecule is C=CCCCCC(=O)OCCNC(=O)[C@@H](CC=C)CC(=O)N(CCO)Cc1ccccc1. The molecule has 0 saturated carbocycles. The zero-order valence-electron chi connectivity index (χ0n) is 18.8. The number of aliphatic hydroxyl groups excluding tert-OH is 1. The van der Waals surface area contributed by atoms with Gasteiger partial charge in [0, 0.05) is 25.9 Å². The number of hydrogen-bond donors (Lipinski definition) is 2. The molecule has 0 radical (unpaired) electrons. The maximum Gasteiger partial charge on any atom is 0.305 e. The molecular weight excluding hydrogens is 408 g/mol. The van der Waals surface area contributed by atoms with Crippen LogP contribution in [0.25, 0.3) is 0 Å². The lowest BCUT2D eigenvalue weighted by Gasteiger charge is -2.24. The number of rotatable bonds is 17. The molecule has 0 bridgehead atoms.